The van der Waals surface area contributed by atoms with Gasteiger partial charge in [0.2, 0.25) is 0 Å². The summed E-state index contributed by atoms with van der Waals surface area (Å²) in [6, 6.07) is 14.5. The molecule has 1 aliphatic carbocycles. The Kier molecular flexibility index (Phi) is 5.55. The molecule has 2 aromatic rings. The van der Waals surface area contributed by atoms with E-state index in [0.717, 1.165) is 17.0 Å². The summed E-state index contributed by atoms with van der Waals surface area (Å²) >= 11 is 0. The van der Waals surface area contributed by atoms with Gasteiger partial charge in [0, 0.05) is 29.3 Å². The number of carbonyl (C=O) groups is 2. The molecule has 0 saturated heterocycles. The van der Waals surface area contributed by atoms with Crippen molar-refractivity contribution >= 4 is 11.8 Å². The molecule has 160 valence electrons. The Labute approximate surface area is 181 Å². The lowest BCUT2D eigenvalue weighted by Gasteiger charge is -2.36. The number of dihydropyridines is 1. The topological polar surface area (TPSA) is 84.9 Å². The zero-order valence-electron chi connectivity index (χ0n) is 17.8. The first-order chi connectivity index (χ1) is 14.9. The van der Waals surface area contributed by atoms with Crippen molar-refractivity contribution in [3.63, 3.8) is 0 Å². The van der Waals surface area contributed by atoms with Crippen molar-refractivity contribution in [1.82, 2.24) is 5.32 Å². The maximum atomic E-state index is 13.4. The van der Waals surface area contributed by atoms with E-state index in [0.29, 0.717) is 35.2 Å². The molecule has 2 atom stereocenters. The zero-order chi connectivity index (χ0) is 22.1. The van der Waals surface area contributed by atoms with Gasteiger partial charge < -0.3 is 19.9 Å². The van der Waals surface area contributed by atoms with Crippen LogP contribution in [0.25, 0.3) is 0 Å². The third-order valence-electron chi connectivity index (χ3n) is 6.02. The molecule has 31 heavy (non-hydrogen) atoms. The van der Waals surface area contributed by atoms with E-state index in [1.165, 1.54) is 7.11 Å². The Morgan fingerprint density at radius 1 is 1.06 bits per heavy atom. The van der Waals surface area contributed by atoms with Crippen LogP contribution in [0.3, 0.4) is 0 Å². The summed E-state index contributed by atoms with van der Waals surface area (Å²) in [5.74, 6) is -0.208. The molecule has 0 amide bonds. The Morgan fingerprint density at radius 2 is 1.81 bits per heavy atom. The van der Waals surface area contributed by atoms with Crippen LogP contribution in [0.4, 0.5) is 0 Å². The number of benzene rings is 2. The Bertz CT molecular complexity index is 1100. The van der Waals surface area contributed by atoms with Crippen LogP contribution in [0.15, 0.2) is 71.1 Å². The molecule has 2 N–H and O–H groups in total. The summed E-state index contributed by atoms with van der Waals surface area (Å²) in [7, 11) is 2.95. The minimum absolute atomic E-state index is 0.0168. The van der Waals surface area contributed by atoms with Crippen LogP contribution >= 0.6 is 0 Å². The molecule has 0 spiro atoms. The number of nitrogens with one attached hydrogen (secondary N) is 1. The van der Waals surface area contributed by atoms with Crippen LogP contribution < -0.4 is 10.1 Å². The van der Waals surface area contributed by atoms with E-state index in [1.807, 2.05) is 37.3 Å². The highest BCUT2D eigenvalue weighted by Crippen LogP contribution is 2.46. The number of esters is 1. The third kappa shape index (κ3) is 3.81. The van der Waals surface area contributed by atoms with Crippen molar-refractivity contribution in [2.75, 3.05) is 14.2 Å². The number of methoxy groups -OCH3 is 2. The molecule has 0 fully saturated rings. The van der Waals surface area contributed by atoms with E-state index >= 15 is 0 Å². The molecule has 6 nitrogen and oxygen atoms in total. The van der Waals surface area contributed by atoms with E-state index in [4.69, 9.17) is 9.47 Å². The lowest BCUT2D eigenvalue weighted by Crippen LogP contribution is -2.36. The summed E-state index contributed by atoms with van der Waals surface area (Å²) in [5, 5.41) is 13.3. The molecular formula is C25H25NO5. The smallest absolute Gasteiger partial charge is 0.336 e. The van der Waals surface area contributed by atoms with Crippen LogP contribution in [0.5, 0.6) is 11.5 Å². The fourth-order valence-electron chi connectivity index (χ4n) is 4.57. The minimum Gasteiger partial charge on any atom is -0.508 e. The molecule has 2 aliphatic rings. The molecule has 0 saturated carbocycles. The van der Waals surface area contributed by atoms with Crippen LogP contribution in [0.2, 0.25) is 0 Å². The summed E-state index contributed by atoms with van der Waals surface area (Å²) in [4.78, 5) is 26.1. The number of rotatable bonds is 4. The number of allylic oxidation sites excluding steroid dienone is 3. The van der Waals surface area contributed by atoms with E-state index in [1.54, 1.807) is 25.3 Å². The number of ketones is 1. The van der Waals surface area contributed by atoms with Gasteiger partial charge in [-0.05, 0) is 54.7 Å². The summed E-state index contributed by atoms with van der Waals surface area (Å²) in [6.45, 7) is 1.81. The molecular weight excluding hydrogens is 394 g/mol. The number of Topliss-reactive ketones (excluding diaryl/α,β-unsaturated/α-hetero) is 1. The number of aromatic hydroxyl groups is 1. The zero-order valence-corrected chi connectivity index (χ0v) is 17.8. The Morgan fingerprint density at radius 3 is 2.45 bits per heavy atom. The first kappa shape index (κ1) is 20.7. The van der Waals surface area contributed by atoms with Gasteiger partial charge in [-0.1, -0.05) is 24.3 Å². The van der Waals surface area contributed by atoms with Gasteiger partial charge in [0.1, 0.15) is 11.5 Å². The van der Waals surface area contributed by atoms with E-state index in [9.17, 15) is 14.7 Å². The normalized spacial score (nSPS) is 20.8. The van der Waals surface area contributed by atoms with Crippen LogP contribution in [0.1, 0.15) is 42.7 Å². The predicted molar refractivity (Wildman–Crippen MR) is 116 cm³/mol. The minimum atomic E-state index is -0.583. The first-order valence-corrected chi connectivity index (χ1v) is 10.2. The van der Waals surface area contributed by atoms with Gasteiger partial charge in [0.05, 0.1) is 19.8 Å². The van der Waals surface area contributed by atoms with E-state index in [2.05, 4.69) is 5.32 Å². The maximum absolute atomic E-state index is 13.4. The monoisotopic (exact) mass is 419 g/mol. The van der Waals surface area contributed by atoms with Crippen molar-refractivity contribution in [1.29, 1.82) is 0 Å². The van der Waals surface area contributed by atoms with Gasteiger partial charge in [-0.25, -0.2) is 4.79 Å². The largest absolute Gasteiger partial charge is 0.508 e. The number of carbonyl (C=O) groups excluding carboxylic acids is 2. The fourth-order valence-corrected chi connectivity index (χ4v) is 4.57. The van der Waals surface area contributed by atoms with Crippen LogP contribution in [0, 0.1) is 0 Å². The predicted octanol–water partition coefficient (Wildman–Crippen LogP) is 3.94. The second-order valence-corrected chi connectivity index (χ2v) is 7.88. The number of phenols is 1. The summed E-state index contributed by atoms with van der Waals surface area (Å²) < 4.78 is 10.3. The molecule has 0 bridgehead atoms. The quantitative estimate of drug-likeness (QED) is 0.731. The van der Waals surface area contributed by atoms with Gasteiger partial charge in [0.25, 0.3) is 0 Å². The summed E-state index contributed by atoms with van der Waals surface area (Å²) in [6.07, 6.45) is 0.990. The average Bonchev–Trinajstić information content (AvgIpc) is 2.77. The van der Waals surface area contributed by atoms with Crippen molar-refractivity contribution in [2.24, 2.45) is 0 Å². The second-order valence-electron chi connectivity index (χ2n) is 7.88. The lowest BCUT2D eigenvalue weighted by molar-refractivity contribution is -0.136. The molecule has 2 aromatic carbocycles. The van der Waals surface area contributed by atoms with Gasteiger partial charge in [-0.2, -0.15) is 0 Å². The van der Waals surface area contributed by atoms with Crippen molar-refractivity contribution < 1.29 is 24.2 Å². The van der Waals surface area contributed by atoms with Crippen molar-refractivity contribution in [2.45, 2.75) is 31.6 Å². The molecule has 0 aromatic heterocycles. The van der Waals surface area contributed by atoms with Crippen molar-refractivity contribution in [3.05, 3.63) is 82.2 Å². The fraction of sp³-hybridized carbons (Fsp3) is 0.280. The molecule has 1 heterocycles. The van der Waals surface area contributed by atoms with E-state index < -0.39 is 11.9 Å². The number of hydrogen-bond acceptors (Lipinski definition) is 6. The highest BCUT2D eigenvalue weighted by molar-refractivity contribution is 6.04. The maximum Gasteiger partial charge on any atom is 0.336 e. The highest BCUT2D eigenvalue weighted by Gasteiger charge is 2.41. The van der Waals surface area contributed by atoms with Gasteiger partial charge in [0.15, 0.2) is 5.78 Å². The van der Waals surface area contributed by atoms with Gasteiger partial charge in [-0.3, -0.25) is 4.79 Å². The van der Waals surface area contributed by atoms with Gasteiger partial charge >= 0.3 is 5.97 Å². The Hall–Kier alpha value is -3.54. The number of phenolic OH excluding ortho intramolecular Hbond substituents is 1. The average molecular weight is 419 g/mol. The number of ether oxygens (including phenoxy) is 2. The van der Waals surface area contributed by atoms with Crippen LogP contribution in [-0.2, 0) is 14.3 Å². The molecule has 6 heteroatoms. The number of hydrogen-bond donors (Lipinski definition) is 2. The molecule has 0 unspecified atom stereocenters. The first-order valence-electron chi connectivity index (χ1n) is 10.2. The highest BCUT2D eigenvalue weighted by atomic mass is 16.5. The lowest BCUT2D eigenvalue weighted by atomic mass is 9.71. The van der Waals surface area contributed by atoms with E-state index in [-0.39, 0.29) is 17.5 Å². The van der Waals surface area contributed by atoms with Crippen molar-refractivity contribution in [3.8, 4) is 11.5 Å². The van der Waals surface area contributed by atoms with Gasteiger partial charge in [-0.15, -0.1) is 0 Å². The summed E-state index contributed by atoms with van der Waals surface area (Å²) in [5.41, 5.74) is 4.18. The standard InChI is InChI=1S/C25H25NO5/c1-14-22(25(29)31-3)23(16-5-4-6-18(27)11-16)24-20(26-14)12-17(13-21(24)28)15-7-9-19(30-2)10-8-15/h4-11,17,23,26-27H,12-13H2,1-3H3/t17-,23-/m1/s1. The second kappa shape index (κ2) is 8.30. The Balaban J connectivity index is 1.78. The molecule has 1 aliphatic heterocycles. The van der Waals surface area contributed by atoms with Crippen LogP contribution in [-0.4, -0.2) is 31.1 Å². The third-order valence-corrected chi connectivity index (χ3v) is 6.02. The molecule has 4 rings (SSSR count). The molecule has 0 radical (unpaired) electrons. The SMILES string of the molecule is COC(=O)C1=C(C)NC2=C(C(=O)C[C@H](c3ccc(OC)cc3)C2)[C@@H]1c1cccc(O)c1.